The second-order valence-electron chi connectivity index (χ2n) is 3.88. The first-order valence-corrected chi connectivity index (χ1v) is 5.19. The predicted octanol–water partition coefficient (Wildman–Crippen LogP) is 2.47. The van der Waals surface area contributed by atoms with Crippen LogP contribution in [0.4, 0.5) is 0 Å². The molecule has 1 saturated carbocycles. The highest BCUT2D eigenvalue weighted by Gasteiger charge is 2.35. The minimum Gasteiger partial charge on any atom is -0.348 e. The third kappa shape index (κ3) is 1.80. The van der Waals surface area contributed by atoms with Crippen LogP contribution in [0.25, 0.3) is 0 Å². The second-order valence-corrected chi connectivity index (χ2v) is 3.88. The SMILES string of the molecule is C1CCCC2(CCC1)OCCO2. The van der Waals surface area contributed by atoms with Crippen LogP contribution in [-0.4, -0.2) is 19.0 Å². The van der Waals surface area contributed by atoms with Crippen molar-refractivity contribution in [3.63, 3.8) is 0 Å². The van der Waals surface area contributed by atoms with Gasteiger partial charge in [-0.2, -0.15) is 0 Å². The monoisotopic (exact) mass is 170 g/mol. The summed E-state index contributed by atoms with van der Waals surface area (Å²) in [5.41, 5.74) is 0. The van der Waals surface area contributed by atoms with Crippen LogP contribution in [0.3, 0.4) is 0 Å². The molecule has 0 atom stereocenters. The summed E-state index contributed by atoms with van der Waals surface area (Å²) in [5.74, 6) is -0.152. The topological polar surface area (TPSA) is 18.5 Å². The van der Waals surface area contributed by atoms with Gasteiger partial charge in [-0.25, -0.2) is 0 Å². The molecule has 1 aliphatic carbocycles. The van der Waals surface area contributed by atoms with Crippen molar-refractivity contribution in [1.82, 2.24) is 0 Å². The molecule has 2 nitrogen and oxygen atoms in total. The van der Waals surface area contributed by atoms with Gasteiger partial charge in [0.1, 0.15) is 0 Å². The highest BCUT2D eigenvalue weighted by molar-refractivity contribution is 4.75. The maximum Gasteiger partial charge on any atom is 0.168 e. The summed E-state index contributed by atoms with van der Waals surface area (Å²) in [6.45, 7) is 1.61. The van der Waals surface area contributed by atoms with Gasteiger partial charge < -0.3 is 9.47 Å². The first kappa shape index (κ1) is 8.52. The highest BCUT2D eigenvalue weighted by atomic mass is 16.7. The molecule has 2 rings (SSSR count). The number of rotatable bonds is 0. The van der Waals surface area contributed by atoms with Gasteiger partial charge in [-0.05, 0) is 12.8 Å². The van der Waals surface area contributed by atoms with Gasteiger partial charge in [-0.3, -0.25) is 0 Å². The minimum absolute atomic E-state index is 0.152. The quantitative estimate of drug-likeness (QED) is 0.556. The highest BCUT2D eigenvalue weighted by Crippen LogP contribution is 2.33. The zero-order chi connectivity index (χ0) is 8.28. The van der Waals surface area contributed by atoms with E-state index in [1.165, 1.54) is 32.1 Å². The Balaban J connectivity index is 1.92. The largest absolute Gasteiger partial charge is 0.348 e. The summed E-state index contributed by atoms with van der Waals surface area (Å²) in [5, 5.41) is 0. The van der Waals surface area contributed by atoms with Crippen molar-refractivity contribution < 1.29 is 9.47 Å². The smallest absolute Gasteiger partial charge is 0.168 e. The van der Waals surface area contributed by atoms with E-state index in [0.717, 1.165) is 26.1 Å². The fraction of sp³-hybridized carbons (Fsp3) is 1.00. The van der Waals surface area contributed by atoms with E-state index in [-0.39, 0.29) is 5.79 Å². The molecule has 0 N–H and O–H groups in total. The van der Waals surface area contributed by atoms with E-state index in [1.54, 1.807) is 0 Å². The summed E-state index contributed by atoms with van der Waals surface area (Å²) < 4.78 is 11.4. The molecule has 1 spiro atoms. The molecule has 0 aromatic carbocycles. The third-order valence-electron chi connectivity index (χ3n) is 2.93. The number of ether oxygens (including phenoxy) is 2. The van der Waals surface area contributed by atoms with Crippen LogP contribution in [0.15, 0.2) is 0 Å². The molecule has 70 valence electrons. The molecule has 0 amide bonds. The first-order valence-electron chi connectivity index (χ1n) is 5.19. The zero-order valence-electron chi connectivity index (χ0n) is 7.68. The molecule has 0 unspecified atom stereocenters. The normalized spacial score (nSPS) is 30.0. The molecule has 1 aliphatic heterocycles. The van der Waals surface area contributed by atoms with Gasteiger partial charge in [0, 0.05) is 12.8 Å². The van der Waals surface area contributed by atoms with Crippen LogP contribution in [0.5, 0.6) is 0 Å². The summed E-state index contributed by atoms with van der Waals surface area (Å²) in [4.78, 5) is 0. The Morgan fingerprint density at radius 3 is 1.75 bits per heavy atom. The molecule has 0 aromatic heterocycles. The van der Waals surface area contributed by atoms with Crippen molar-refractivity contribution in [2.45, 2.75) is 50.7 Å². The Morgan fingerprint density at radius 1 is 0.667 bits per heavy atom. The maximum atomic E-state index is 5.69. The van der Waals surface area contributed by atoms with Gasteiger partial charge >= 0.3 is 0 Å². The maximum absolute atomic E-state index is 5.69. The second kappa shape index (κ2) is 3.75. The molecule has 2 aliphatic rings. The Kier molecular flexibility index (Phi) is 2.66. The van der Waals surface area contributed by atoms with Crippen molar-refractivity contribution in [3.8, 4) is 0 Å². The van der Waals surface area contributed by atoms with E-state index >= 15 is 0 Å². The summed E-state index contributed by atoms with van der Waals surface area (Å²) in [6, 6.07) is 0. The lowest BCUT2D eigenvalue weighted by Crippen LogP contribution is -2.30. The van der Waals surface area contributed by atoms with E-state index in [2.05, 4.69) is 0 Å². The summed E-state index contributed by atoms with van der Waals surface area (Å²) >= 11 is 0. The predicted molar refractivity (Wildman–Crippen MR) is 47.0 cm³/mol. The van der Waals surface area contributed by atoms with Crippen molar-refractivity contribution in [3.05, 3.63) is 0 Å². The molecule has 2 heteroatoms. The van der Waals surface area contributed by atoms with Gasteiger partial charge in [0.2, 0.25) is 0 Å². The number of hydrogen-bond acceptors (Lipinski definition) is 2. The molecule has 0 aromatic rings. The Bertz CT molecular complexity index is 129. The van der Waals surface area contributed by atoms with E-state index in [0.29, 0.717) is 0 Å². The Labute approximate surface area is 74.2 Å². The molecule has 1 saturated heterocycles. The molecular formula is C10H18O2. The lowest BCUT2D eigenvalue weighted by Gasteiger charge is -2.29. The fourth-order valence-electron chi connectivity index (χ4n) is 2.23. The molecule has 0 bridgehead atoms. The average Bonchev–Trinajstić information content (AvgIpc) is 2.47. The standard InChI is InChI=1S/C10H18O2/c1-2-4-6-10(7-5-3-1)11-8-9-12-10/h1-9H2. The van der Waals surface area contributed by atoms with Gasteiger partial charge in [0.15, 0.2) is 5.79 Å². The lowest BCUT2D eigenvalue weighted by molar-refractivity contribution is -0.170. The van der Waals surface area contributed by atoms with Crippen LogP contribution in [0, 0.1) is 0 Å². The first-order chi connectivity index (χ1) is 5.91. The van der Waals surface area contributed by atoms with Crippen LogP contribution in [0.2, 0.25) is 0 Å². The van der Waals surface area contributed by atoms with Crippen LogP contribution >= 0.6 is 0 Å². The van der Waals surface area contributed by atoms with Crippen LogP contribution in [-0.2, 0) is 9.47 Å². The van der Waals surface area contributed by atoms with Crippen LogP contribution in [0.1, 0.15) is 44.9 Å². The van der Waals surface area contributed by atoms with Crippen molar-refractivity contribution in [2.24, 2.45) is 0 Å². The fourth-order valence-corrected chi connectivity index (χ4v) is 2.23. The van der Waals surface area contributed by atoms with E-state index in [4.69, 9.17) is 9.47 Å². The van der Waals surface area contributed by atoms with Crippen molar-refractivity contribution in [1.29, 1.82) is 0 Å². The average molecular weight is 170 g/mol. The van der Waals surface area contributed by atoms with E-state index < -0.39 is 0 Å². The van der Waals surface area contributed by atoms with Gasteiger partial charge in [-0.1, -0.05) is 19.3 Å². The summed E-state index contributed by atoms with van der Waals surface area (Å²) in [6.07, 6.45) is 8.90. The van der Waals surface area contributed by atoms with E-state index in [9.17, 15) is 0 Å². The molecule has 2 fully saturated rings. The zero-order valence-corrected chi connectivity index (χ0v) is 7.68. The van der Waals surface area contributed by atoms with Gasteiger partial charge in [-0.15, -0.1) is 0 Å². The third-order valence-corrected chi connectivity index (χ3v) is 2.93. The Morgan fingerprint density at radius 2 is 1.17 bits per heavy atom. The van der Waals surface area contributed by atoms with Crippen molar-refractivity contribution in [2.75, 3.05) is 13.2 Å². The number of hydrogen-bond donors (Lipinski definition) is 0. The van der Waals surface area contributed by atoms with Crippen LogP contribution < -0.4 is 0 Å². The minimum atomic E-state index is -0.152. The molecule has 1 heterocycles. The van der Waals surface area contributed by atoms with Crippen molar-refractivity contribution >= 4 is 0 Å². The Hall–Kier alpha value is -0.0800. The molecular weight excluding hydrogens is 152 g/mol. The van der Waals surface area contributed by atoms with Gasteiger partial charge in [0.25, 0.3) is 0 Å². The molecule has 0 radical (unpaired) electrons. The van der Waals surface area contributed by atoms with E-state index in [1.807, 2.05) is 0 Å². The summed E-state index contributed by atoms with van der Waals surface area (Å²) in [7, 11) is 0. The lowest BCUT2D eigenvalue weighted by atomic mass is 9.96. The molecule has 12 heavy (non-hydrogen) atoms. The van der Waals surface area contributed by atoms with Gasteiger partial charge in [0.05, 0.1) is 13.2 Å².